The summed E-state index contributed by atoms with van der Waals surface area (Å²) >= 11 is 8.51. The molecule has 8 rings (SSSR count). The molecule has 0 radical (unpaired) electrons. The summed E-state index contributed by atoms with van der Waals surface area (Å²) in [6.45, 7) is 14.7. The average Bonchev–Trinajstić information content (AvgIpc) is 3.93. The Kier molecular flexibility index (Phi) is 14.5. The molecule has 14 nitrogen and oxygen atoms in total. The van der Waals surface area contributed by atoms with E-state index in [2.05, 4.69) is 11.9 Å². The minimum absolute atomic E-state index is 0.0223. The first kappa shape index (κ1) is 49.9. The van der Waals surface area contributed by atoms with Crippen LogP contribution in [0.25, 0.3) is 22.3 Å². The van der Waals surface area contributed by atoms with Crippen molar-refractivity contribution in [3.63, 3.8) is 0 Å². The summed E-state index contributed by atoms with van der Waals surface area (Å²) < 4.78 is 57.7. The van der Waals surface area contributed by atoms with Gasteiger partial charge in [-0.2, -0.15) is 13.2 Å². The molecule has 3 aromatic rings. The van der Waals surface area contributed by atoms with Gasteiger partial charge in [-0.1, -0.05) is 38.4 Å². The van der Waals surface area contributed by atoms with Crippen molar-refractivity contribution in [3.8, 4) is 22.9 Å². The molecule has 1 aromatic carbocycles. The van der Waals surface area contributed by atoms with Crippen LogP contribution in [0.2, 0.25) is 5.02 Å². The van der Waals surface area contributed by atoms with Crippen molar-refractivity contribution in [3.05, 3.63) is 41.3 Å². The summed E-state index contributed by atoms with van der Waals surface area (Å²) in [4.78, 5) is 70.1. The normalized spacial score (nSPS) is 26.6. The first-order valence-electron chi connectivity index (χ1n) is 23.7. The van der Waals surface area contributed by atoms with E-state index in [1.54, 1.807) is 24.3 Å². The number of pyridine rings is 1. The number of amides is 1. The third-order valence-corrected chi connectivity index (χ3v) is 15.5. The highest BCUT2D eigenvalue weighted by molar-refractivity contribution is 7.14. The van der Waals surface area contributed by atoms with Crippen molar-refractivity contribution in [1.29, 1.82) is 0 Å². The molecule has 2 aromatic heterocycles. The number of fused-ring (bicyclic) bond motifs is 2. The standard InChI is InChI=1S/C49H62ClF3N6O8S/c1-7-30-22-48(30,45(63)64)23-38(60)37-19-32(24-59(37)44(62)34(47(4,5)6)20-41(61)67-31-17-28-16-29(28)18-31)66-40-21-35(36-25-68-46(56-36)54-27(2)3)55-43-33(40)8-9-39(42(43)50)65-15-14-57-10-12-58(13-11-57)26-49(51,52)53/h7-9,21,25,27-32,34,37H,1,10-20,22-24,26H2,2-6H3,(H,54,56)(H,63,64)/t28-,29+,30-,31?,32-,34-,37+,48?/m1/s1. The molecule has 2 unspecified atom stereocenters. The van der Waals surface area contributed by atoms with Gasteiger partial charge in [0.2, 0.25) is 5.91 Å². The van der Waals surface area contributed by atoms with E-state index in [1.807, 2.05) is 44.9 Å². The summed E-state index contributed by atoms with van der Waals surface area (Å²) in [5.41, 5.74) is -0.684. The number of carbonyl (C=O) groups is 4. The number of ether oxygens (including phenoxy) is 3. The molecule has 3 saturated carbocycles. The molecule has 0 bridgehead atoms. The second-order valence-electron chi connectivity index (χ2n) is 20.8. The molecule has 5 aliphatic rings. The van der Waals surface area contributed by atoms with E-state index in [0.717, 1.165) is 12.8 Å². The zero-order valence-electron chi connectivity index (χ0n) is 39.3. The van der Waals surface area contributed by atoms with Crippen LogP contribution in [0.1, 0.15) is 79.6 Å². The van der Waals surface area contributed by atoms with Crippen LogP contribution in [0.5, 0.6) is 11.5 Å². The Morgan fingerprint density at radius 3 is 2.34 bits per heavy atom. The van der Waals surface area contributed by atoms with Crippen LogP contribution >= 0.6 is 22.9 Å². The number of aromatic nitrogens is 2. The van der Waals surface area contributed by atoms with Crippen LogP contribution < -0.4 is 14.8 Å². The number of carboxylic acid groups (broad SMARTS) is 1. The van der Waals surface area contributed by atoms with Gasteiger partial charge in [0.25, 0.3) is 0 Å². The molecule has 2 saturated heterocycles. The Hall–Kier alpha value is -4.52. The number of piperazine rings is 1. The van der Waals surface area contributed by atoms with Gasteiger partial charge in [0.15, 0.2) is 10.9 Å². The minimum Gasteiger partial charge on any atom is -0.491 e. The highest BCUT2D eigenvalue weighted by atomic mass is 35.5. The van der Waals surface area contributed by atoms with Crippen molar-refractivity contribution in [2.45, 2.75) is 110 Å². The van der Waals surface area contributed by atoms with Crippen molar-refractivity contribution < 1.29 is 51.7 Å². The SMILES string of the molecule is C=C[C@@H]1CC1(CC(=O)[C@@H]1C[C@@H](Oc2cc(-c3csc(NC(C)C)n3)nc3c(Cl)c(OCCN4CCN(CC(F)(F)F)CC4)ccc23)CN1C(=O)[C@@H](CC(=O)OC1C[C@@H]2C[C@@H]2C1)C(C)(C)C)C(=O)O. The van der Waals surface area contributed by atoms with E-state index < -0.39 is 65.2 Å². The summed E-state index contributed by atoms with van der Waals surface area (Å²) in [6.07, 6.45) is -0.893. The molecule has 2 N–H and O–H groups in total. The van der Waals surface area contributed by atoms with Crippen molar-refractivity contribution >= 4 is 62.6 Å². The molecule has 68 heavy (non-hydrogen) atoms. The highest BCUT2D eigenvalue weighted by Crippen LogP contribution is 2.57. The Morgan fingerprint density at radius 1 is 1.00 bits per heavy atom. The number of esters is 1. The fourth-order valence-electron chi connectivity index (χ4n) is 10.3. The van der Waals surface area contributed by atoms with Crippen molar-refractivity contribution in [2.24, 2.45) is 34.5 Å². The van der Waals surface area contributed by atoms with E-state index in [1.165, 1.54) is 27.6 Å². The predicted molar refractivity (Wildman–Crippen MR) is 252 cm³/mol. The van der Waals surface area contributed by atoms with E-state index in [9.17, 15) is 37.5 Å². The van der Waals surface area contributed by atoms with Gasteiger partial charge in [-0.3, -0.25) is 29.0 Å². The molecule has 370 valence electrons. The molecule has 1 amide bonds. The second-order valence-corrected chi connectivity index (χ2v) is 22.0. The van der Waals surface area contributed by atoms with Gasteiger partial charge in [0.05, 0.1) is 48.1 Å². The number of hydrogen-bond acceptors (Lipinski definition) is 13. The van der Waals surface area contributed by atoms with Crippen LogP contribution in [0.3, 0.4) is 0 Å². The van der Waals surface area contributed by atoms with Gasteiger partial charge >= 0.3 is 18.1 Å². The number of aliphatic carboxylic acids is 1. The lowest BCUT2D eigenvalue weighted by Gasteiger charge is -2.35. The maximum Gasteiger partial charge on any atom is 0.401 e. The molecule has 4 heterocycles. The number of Topliss-reactive ketones (excluding diaryl/α,β-unsaturated/α-hetero) is 1. The third-order valence-electron chi connectivity index (χ3n) is 14.3. The highest BCUT2D eigenvalue weighted by Gasteiger charge is 2.61. The number of ketones is 1. The maximum atomic E-state index is 14.9. The Labute approximate surface area is 403 Å². The number of allylic oxidation sites excluding steroid dienone is 1. The summed E-state index contributed by atoms with van der Waals surface area (Å²) in [5.74, 6) is -1.69. The number of halogens is 4. The van der Waals surface area contributed by atoms with Crippen LogP contribution in [-0.2, 0) is 23.9 Å². The summed E-state index contributed by atoms with van der Waals surface area (Å²) in [6, 6.07) is 4.29. The number of likely N-dealkylation sites (tertiary alicyclic amines) is 1. The molecular formula is C49H62ClF3N6O8S. The lowest BCUT2D eigenvalue weighted by molar-refractivity contribution is -0.157. The fourth-order valence-corrected chi connectivity index (χ4v) is 11.4. The van der Waals surface area contributed by atoms with Gasteiger partial charge in [-0.25, -0.2) is 9.97 Å². The zero-order chi connectivity index (χ0) is 48.9. The second kappa shape index (κ2) is 19.7. The smallest absolute Gasteiger partial charge is 0.401 e. The largest absolute Gasteiger partial charge is 0.491 e. The molecule has 3 aliphatic carbocycles. The number of hydrogen-bond donors (Lipinski definition) is 2. The van der Waals surface area contributed by atoms with Crippen LogP contribution in [0.15, 0.2) is 36.2 Å². The Morgan fingerprint density at radius 2 is 1.71 bits per heavy atom. The van der Waals surface area contributed by atoms with Crippen LogP contribution in [0, 0.1) is 34.5 Å². The number of rotatable bonds is 19. The van der Waals surface area contributed by atoms with Crippen LogP contribution in [0.4, 0.5) is 18.3 Å². The topological polar surface area (TPSA) is 164 Å². The van der Waals surface area contributed by atoms with Crippen molar-refractivity contribution in [1.82, 2.24) is 24.7 Å². The monoisotopic (exact) mass is 986 g/mol. The van der Waals surface area contributed by atoms with Crippen molar-refractivity contribution in [2.75, 3.05) is 57.7 Å². The van der Waals surface area contributed by atoms with Gasteiger partial charge in [-0.15, -0.1) is 17.9 Å². The van der Waals surface area contributed by atoms with E-state index in [4.69, 9.17) is 35.8 Å². The first-order valence-corrected chi connectivity index (χ1v) is 24.9. The van der Waals surface area contributed by atoms with Gasteiger partial charge in [0.1, 0.15) is 41.0 Å². The molecular weight excluding hydrogens is 925 g/mol. The number of nitrogens with zero attached hydrogens (tertiary/aromatic N) is 5. The van der Waals surface area contributed by atoms with Crippen LogP contribution in [-0.4, -0.2) is 136 Å². The van der Waals surface area contributed by atoms with Gasteiger partial charge < -0.3 is 29.5 Å². The number of nitrogens with one attached hydrogen (secondary N) is 1. The number of benzene rings is 1. The molecule has 19 heteroatoms. The number of alkyl halides is 3. The van der Waals surface area contributed by atoms with E-state index in [0.29, 0.717) is 83.5 Å². The third kappa shape index (κ3) is 11.4. The lowest BCUT2D eigenvalue weighted by Crippen LogP contribution is -2.49. The minimum atomic E-state index is -4.25. The average molecular weight is 988 g/mol. The first-order chi connectivity index (χ1) is 32.1. The lowest BCUT2D eigenvalue weighted by atomic mass is 9.77. The fraction of sp³-hybridized carbons (Fsp3) is 0.633. The van der Waals surface area contributed by atoms with E-state index in [-0.39, 0.29) is 61.9 Å². The molecule has 0 spiro atoms. The molecule has 8 atom stereocenters. The number of thiazole rings is 1. The predicted octanol–water partition coefficient (Wildman–Crippen LogP) is 8.37. The summed E-state index contributed by atoms with van der Waals surface area (Å²) in [7, 11) is 0. The van der Waals surface area contributed by atoms with Gasteiger partial charge in [0, 0.05) is 68.4 Å². The van der Waals surface area contributed by atoms with E-state index >= 15 is 0 Å². The Balaban J connectivity index is 1.06. The molecule has 2 aliphatic heterocycles. The summed E-state index contributed by atoms with van der Waals surface area (Å²) in [5, 5.41) is 16.8. The Bertz CT molecular complexity index is 2390. The molecule has 5 fully saturated rings. The quantitative estimate of drug-likeness (QED) is 0.0871. The number of anilines is 1. The number of carboxylic acids is 1. The van der Waals surface area contributed by atoms with Gasteiger partial charge in [-0.05, 0) is 74.8 Å². The number of carbonyl (C=O) groups excluding carboxylic acids is 3. The zero-order valence-corrected chi connectivity index (χ0v) is 40.9. The maximum absolute atomic E-state index is 14.9.